The molecular weight excluding hydrogens is 422 g/mol. The van der Waals surface area contributed by atoms with Crippen LogP contribution in [0.25, 0.3) is 5.69 Å². The molecule has 2 aromatic carbocycles. The maximum absolute atomic E-state index is 12.8. The highest BCUT2D eigenvalue weighted by molar-refractivity contribution is 7.99. The van der Waals surface area contributed by atoms with E-state index in [2.05, 4.69) is 4.98 Å². The largest absolute Gasteiger partial charge is 0.493 e. The third-order valence-corrected chi connectivity index (χ3v) is 5.76. The van der Waals surface area contributed by atoms with E-state index in [0.717, 1.165) is 16.4 Å². The summed E-state index contributed by atoms with van der Waals surface area (Å²) in [6, 6.07) is 13.2. The Morgan fingerprint density at radius 3 is 2.67 bits per heavy atom. The third-order valence-electron chi connectivity index (χ3n) is 4.57. The maximum Gasteiger partial charge on any atom is 0.233 e. The normalized spacial score (nSPS) is 10.7. The number of nitrogens with zero attached hydrogens (tertiary/aromatic N) is 3. The van der Waals surface area contributed by atoms with Gasteiger partial charge in [-0.05, 0) is 42.8 Å². The summed E-state index contributed by atoms with van der Waals surface area (Å²) in [6.07, 6.45) is 3.58. The van der Waals surface area contributed by atoms with Crippen molar-refractivity contribution in [2.75, 3.05) is 26.5 Å². The zero-order valence-electron chi connectivity index (χ0n) is 17.2. The fraction of sp³-hybridized carbons (Fsp3) is 0.273. The average Bonchev–Trinajstić information content (AvgIpc) is 3.24. The van der Waals surface area contributed by atoms with E-state index < -0.39 is 0 Å². The molecule has 0 aliphatic rings. The lowest BCUT2D eigenvalue weighted by Gasteiger charge is -2.21. The van der Waals surface area contributed by atoms with Crippen molar-refractivity contribution in [3.8, 4) is 17.2 Å². The van der Waals surface area contributed by atoms with Gasteiger partial charge in [-0.1, -0.05) is 35.5 Å². The van der Waals surface area contributed by atoms with Crippen molar-refractivity contribution >= 4 is 29.3 Å². The van der Waals surface area contributed by atoms with Gasteiger partial charge in [-0.2, -0.15) is 0 Å². The van der Waals surface area contributed by atoms with Crippen LogP contribution >= 0.6 is 23.4 Å². The summed E-state index contributed by atoms with van der Waals surface area (Å²) in [5.41, 5.74) is 1.89. The van der Waals surface area contributed by atoms with Crippen LogP contribution in [0.15, 0.2) is 60.0 Å². The van der Waals surface area contributed by atoms with Gasteiger partial charge in [-0.15, -0.1) is 0 Å². The SMILES string of the molecule is CCN(Cc1ccc(OC)c(OC)c1)C(=O)CSc1nccn1-c1cccc(Cl)c1. The van der Waals surface area contributed by atoms with Gasteiger partial charge < -0.3 is 14.4 Å². The molecule has 8 heteroatoms. The molecule has 0 radical (unpaired) electrons. The number of carbonyl (C=O) groups excluding carboxylic acids is 1. The number of rotatable bonds is 9. The lowest BCUT2D eigenvalue weighted by atomic mass is 10.2. The summed E-state index contributed by atoms with van der Waals surface area (Å²) in [4.78, 5) is 19.0. The molecule has 3 rings (SSSR count). The number of halogens is 1. The lowest BCUT2D eigenvalue weighted by Crippen LogP contribution is -2.31. The molecule has 0 fully saturated rings. The molecule has 158 valence electrons. The predicted octanol–water partition coefficient (Wildman–Crippen LogP) is 4.68. The Hall–Kier alpha value is -2.64. The van der Waals surface area contributed by atoms with Crippen LogP contribution in [0.1, 0.15) is 12.5 Å². The molecule has 6 nitrogen and oxygen atoms in total. The number of imidazole rings is 1. The summed E-state index contributed by atoms with van der Waals surface area (Å²) < 4.78 is 12.6. The van der Waals surface area contributed by atoms with Crippen molar-refractivity contribution in [2.24, 2.45) is 0 Å². The van der Waals surface area contributed by atoms with Gasteiger partial charge in [0.2, 0.25) is 5.91 Å². The first kappa shape index (κ1) is 22.1. The van der Waals surface area contributed by atoms with Crippen molar-refractivity contribution in [3.63, 3.8) is 0 Å². The van der Waals surface area contributed by atoms with E-state index in [0.29, 0.717) is 35.4 Å². The second-order valence-corrected chi connectivity index (χ2v) is 7.82. The van der Waals surface area contributed by atoms with Crippen molar-refractivity contribution < 1.29 is 14.3 Å². The summed E-state index contributed by atoms with van der Waals surface area (Å²) >= 11 is 7.50. The maximum atomic E-state index is 12.8. The van der Waals surface area contributed by atoms with Crippen LogP contribution in [0, 0.1) is 0 Å². The van der Waals surface area contributed by atoms with Gasteiger partial charge >= 0.3 is 0 Å². The summed E-state index contributed by atoms with van der Waals surface area (Å²) in [6.45, 7) is 3.08. The first-order valence-corrected chi connectivity index (χ1v) is 10.8. The molecule has 1 amide bonds. The zero-order valence-corrected chi connectivity index (χ0v) is 18.7. The Labute approximate surface area is 185 Å². The molecule has 0 saturated heterocycles. The molecule has 0 N–H and O–H groups in total. The van der Waals surface area contributed by atoms with Crippen LogP contribution in [0.5, 0.6) is 11.5 Å². The molecule has 0 spiro atoms. The third kappa shape index (κ3) is 5.29. The number of hydrogen-bond acceptors (Lipinski definition) is 5. The van der Waals surface area contributed by atoms with E-state index in [9.17, 15) is 4.79 Å². The molecule has 0 atom stereocenters. The summed E-state index contributed by atoms with van der Waals surface area (Å²) in [5.74, 6) is 1.65. The first-order valence-electron chi connectivity index (χ1n) is 9.46. The van der Waals surface area contributed by atoms with Gasteiger partial charge in [0.15, 0.2) is 16.7 Å². The van der Waals surface area contributed by atoms with Crippen LogP contribution in [-0.4, -0.2) is 46.9 Å². The highest BCUT2D eigenvalue weighted by Crippen LogP contribution is 2.28. The molecule has 1 aromatic heterocycles. The number of benzene rings is 2. The van der Waals surface area contributed by atoms with E-state index in [1.54, 1.807) is 25.3 Å². The molecule has 0 aliphatic heterocycles. The number of hydrogen-bond donors (Lipinski definition) is 0. The van der Waals surface area contributed by atoms with Crippen LogP contribution < -0.4 is 9.47 Å². The Morgan fingerprint density at radius 2 is 1.97 bits per heavy atom. The minimum Gasteiger partial charge on any atom is -0.493 e. The number of amides is 1. The van der Waals surface area contributed by atoms with Crippen LogP contribution in [0.2, 0.25) is 5.02 Å². The summed E-state index contributed by atoms with van der Waals surface area (Å²) in [7, 11) is 3.20. The van der Waals surface area contributed by atoms with Gasteiger partial charge in [-0.25, -0.2) is 4.98 Å². The van der Waals surface area contributed by atoms with Crippen LogP contribution in [0.3, 0.4) is 0 Å². The van der Waals surface area contributed by atoms with E-state index in [1.165, 1.54) is 11.8 Å². The molecule has 0 aliphatic carbocycles. The fourth-order valence-corrected chi connectivity index (χ4v) is 4.07. The Bertz CT molecular complexity index is 1010. The van der Waals surface area contributed by atoms with Gasteiger partial charge in [0.25, 0.3) is 0 Å². The monoisotopic (exact) mass is 445 g/mol. The second kappa shape index (κ2) is 10.4. The van der Waals surface area contributed by atoms with Gasteiger partial charge in [0.05, 0.1) is 20.0 Å². The average molecular weight is 446 g/mol. The molecule has 0 unspecified atom stereocenters. The highest BCUT2D eigenvalue weighted by atomic mass is 35.5. The van der Waals surface area contributed by atoms with Gasteiger partial charge in [-0.3, -0.25) is 9.36 Å². The molecule has 0 bridgehead atoms. The smallest absolute Gasteiger partial charge is 0.233 e. The molecular formula is C22H24ClN3O3S. The second-order valence-electron chi connectivity index (χ2n) is 6.45. The molecule has 3 aromatic rings. The van der Waals surface area contributed by atoms with Crippen molar-refractivity contribution in [3.05, 3.63) is 65.4 Å². The van der Waals surface area contributed by atoms with E-state index in [-0.39, 0.29) is 5.91 Å². The minimum absolute atomic E-state index is 0.0397. The number of ether oxygens (including phenoxy) is 2. The van der Waals surface area contributed by atoms with Crippen LogP contribution in [-0.2, 0) is 11.3 Å². The zero-order chi connectivity index (χ0) is 21.5. The Balaban J connectivity index is 1.66. The molecule has 1 heterocycles. The predicted molar refractivity (Wildman–Crippen MR) is 120 cm³/mol. The fourth-order valence-electron chi connectivity index (χ4n) is 3.01. The summed E-state index contributed by atoms with van der Waals surface area (Å²) in [5, 5.41) is 1.40. The topological polar surface area (TPSA) is 56.6 Å². The van der Waals surface area contributed by atoms with Gasteiger partial charge in [0.1, 0.15) is 0 Å². The van der Waals surface area contributed by atoms with Crippen molar-refractivity contribution in [2.45, 2.75) is 18.6 Å². The Morgan fingerprint density at radius 1 is 1.17 bits per heavy atom. The quantitative estimate of drug-likeness (QED) is 0.447. The van der Waals surface area contributed by atoms with E-state index in [4.69, 9.17) is 21.1 Å². The Kier molecular flexibility index (Phi) is 7.65. The van der Waals surface area contributed by atoms with Crippen molar-refractivity contribution in [1.29, 1.82) is 0 Å². The van der Waals surface area contributed by atoms with E-state index in [1.807, 2.05) is 60.2 Å². The number of methoxy groups -OCH3 is 2. The van der Waals surface area contributed by atoms with Crippen molar-refractivity contribution in [1.82, 2.24) is 14.5 Å². The number of carbonyl (C=O) groups is 1. The molecule has 30 heavy (non-hydrogen) atoms. The standard InChI is InChI=1S/C22H24ClN3O3S/c1-4-25(14-16-8-9-19(28-2)20(12-16)29-3)21(27)15-30-22-24-10-11-26(22)18-7-5-6-17(23)13-18/h5-13H,4,14-15H2,1-3H3. The number of thioether (sulfide) groups is 1. The highest BCUT2D eigenvalue weighted by Gasteiger charge is 2.16. The minimum atomic E-state index is 0.0397. The van der Waals surface area contributed by atoms with Crippen LogP contribution in [0.4, 0.5) is 0 Å². The van der Waals surface area contributed by atoms with E-state index >= 15 is 0 Å². The first-order chi connectivity index (χ1) is 14.5. The number of aromatic nitrogens is 2. The lowest BCUT2D eigenvalue weighted by molar-refractivity contribution is -0.128. The van der Waals surface area contributed by atoms with Gasteiger partial charge in [0, 0.05) is 36.2 Å². The molecule has 0 saturated carbocycles.